The zero-order valence-corrected chi connectivity index (χ0v) is 43.7. The lowest BCUT2D eigenvalue weighted by Crippen LogP contribution is -2.61. The van der Waals surface area contributed by atoms with Gasteiger partial charge in [0.1, 0.15) is 48.3 Å². The third kappa shape index (κ3) is 20.3. The zero-order valence-electron chi connectivity index (χ0n) is 43.7. The second kappa shape index (κ2) is 31.1. The molecule has 1 aliphatic heterocycles. The van der Waals surface area contributed by atoms with Crippen LogP contribution in [0, 0.1) is 23.7 Å². The maximum absolute atomic E-state index is 14.4. The average Bonchev–Trinajstić information content (AvgIpc) is 4.05. The van der Waals surface area contributed by atoms with E-state index in [1.807, 2.05) is 0 Å². The van der Waals surface area contributed by atoms with Crippen LogP contribution in [0.15, 0.2) is 12.5 Å². The van der Waals surface area contributed by atoms with Gasteiger partial charge in [0.25, 0.3) is 0 Å². The van der Waals surface area contributed by atoms with Crippen LogP contribution >= 0.6 is 0 Å². The molecule has 416 valence electrons. The Bertz CT molecular complexity index is 2090. The summed E-state index contributed by atoms with van der Waals surface area (Å²) in [7, 11) is 0. The Morgan fingerprint density at radius 3 is 1.70 bits per heavy atom. The molecule has 26 heteroatoms. The molecule has 0 saturated carbocycles. The minimum Gasteiger partial charge on any atom is -0.481 e. The van der Waals surface area contributed by atoms with Crippen LogP contribution in [0.2, 0.25) is 0 Å². The molecule has 1 saturated heterocycles. The van der Waals surface area contributed by atoms with Gasteiger partial charge in [-0.05, 0) is 62.3 Å². The third-order valence-electron chi connectivity index (χ3n) is 12.9. The fourth-order valence-corrected chi connectivity index (χ4v) is 8.18. The van der Waals surface area contributed by atoms with Crippen LogP contribution < -0.4 is 48.7 Å². The Hall–Kier alpha value is -6.70. The Morgan fingerprint density at radius 2 is 1.19 bits per heavy atom. The summed E-state index contributed by atoms with van der Waals surface area (Å²) in [6.45, 7) is 13.9. The molecule has 26 nitrogen and oxygen atoms in total. The molecule has 0 unspecified atom stereocenters. The van der Waals surface area contributed by atoms with Crippen molar-refractivity contribution in [1.29, 1.82) is 0 Å². The highest BCUT2D eigenvalue weighted by molar-refractivity contribution is 5.99. The number of rotatable bonds is 33. The number of carbonyl (C=O) groups excluding carboxylic acids is 8. The number of aliphatic carboxylic acids is 3. The molecule has 1 aliphatic rings. The molecule has 15 N–H and O–H groups in total. The van der Waals surface area contributed by atoms with E-state index < -0.39 is 150 Å². The van der Waals surface area contributed by atoms with Crippen LogP contribution in [0.4, 0.5) is 0 Å². The van der Waals surface area contributed by atoms with Crippen molar-refractivity contribution in [1.82, 2.24) is 52.1 Å². The van der Waals surface area contributed by atoms with Gasteiger partial charge in [-0.1, -0.05) is 74.7 Å². The highest BCUT2D eigenvalue weighted by atomic mass is 16.4. The van der Waals surface area contributed by atoms with Crippen LogP contribution in [0.5, 0.6) is 0 Å². The molecule has 11 atom stereocenters. The number of likely N-dealkylation sites (tertiary alicyclic amines) is 1. The van der Waals surface area contributed by atoms with Crippen molar-refractivity contribution in [2.75, 3.05) is 13.1 Å². The first-order chi connectivity index (χ1) is 34.8. The van der Waals surface area contributed by atoms with Crippen LogP contribution in [0.3, 0.4) is 0 Å². The van der Waals surface area contributed by atoms with Gasteiger partial charge in [0.05, 0.1) is 25.2 Å². The summed E-state index contributed by atoms with van der Waals surface area (Å²) in [6, 6.07) is -12.5. The fourth-order valence-electron chi connectivity index (χ4n) is 8.18. The molecule has 2 rings (SSSR count). The van der Waals surface area contributed by atoms with E-state index in [-0.39, 0.29) is 38.1 Å². The van der Waals surface area contributed by atoms with Gasteiger partial charge in [0.2, 0.25) is 47.3 Å². The number of aromatic nitrogens is 2. The normalized spacial score (nSPS) is 17.5. The number of nitrogens with zero attached hydrogens (tertiary/aromatic N) is 2. The van der Waals surface area contributed by atoms with Gasteiger partial charge in [-0.2, -0.15) is 0 Å². The summed E-state index contributed by atoms with van der Waals surface area (Å²) in [5, 5.41) is 46.9. The molecule has 0 bridgehead atoms. The van der Waals surface area contributed by atoms with E-state index in [0.717, 1.165) is 4.90 Å². The number of carboxylic acid groups (broad SMARTS) is 3. The molecular weight excluding hydrogens is 969 g/mol. The highest BCUT2D eigenvalue weighted by Crippen LogP contribution is 2.22. The van der Waals surface area contributed by atoms with E-state index >= 15 is 0 Å². The molecule has 1 fully saturated rings. The predicted molar refractivity (Wildman–Crippen MR) is 267 cm³/mol. The van der Waals surface area contributed by atoms with Crippen molar-refractivity contribution in [3.63, 3.8) is 0 Å². The van der Waals surface area contributed by atoms with E-state index in [1.54, 1.807) is 55.4 Å². The van der Waals surface area contributed by atoms with Gasteiger partial charge in [-0.25, -0.2) is 9.78 Å². The summed E-state index contributed by atoms with van der Waals surface area (Å²) in [4.78, 5) is 154. The summed E-state index contributed by atoms with van der Waals surface area (Å²) < 4.78 is 0. The van der Waals surface area contributed by atoms with Crippen molar-refractivity contribution < 1.29 is 68.1 Å². The number of carbonyl (C=O) groups is 11. The number of imidazole rings is 1. The summed E-state index contributed by atoms with van der Waals surface area (Å²) >= 11 is 0. The SMILES string of the molecule is CC[C@H](C)[C@H](NC(=O)[C@H](Cc1cnc[nH]1)NC(=O)[C@H](CC(=O)O)NC(=O)[C@@H]1CCCN1C(=O)[C@H](CC(C)C)NC(=O)[C@H](CC(=O)O)NC(=O)[C@@H](NC(=O)[C@@H](NC(=O)[C@@H](N)CCCCN)[C@@H](C)CC)C(C)C)C(=O)O. The Kier molecular flexibility index (Phi) is 26.7. The van der Waals surface area contributed by atoms with E-state index in [1.165, 1.54) is 12.5 Å². The monoisotopic (exact) mass is 1050 g/mol. The van der Waals surface area contributed by atoms with Gasteiger partial charge < -0.3 is 73.9 Å². The Labute approximate surface area is 431 Å². The second-order valence-corrected chi connectivity index (χ2v) is 19.7. The molecule has 0 aromatic carbocycles. The average molecular weight is 1050 g/mol. The quantitative estimate of drug-likeness (QED) is 0.0361. The number of H-pyrrole nitrogens is 1. The van der Waals surface area contributed by atoms with E-state index in [0.29, 0.717) is 44.3 Å². The first kappa shape index (κ1) is 63.4. The maximum atomic E-state index is 14.4. The number of amides is 8. The lowest BCUT2D eigenvalue weighted by Gasteiger charge is -2.32. The van der Waals surface area contributed by atoms with Gasteiger partial charge in [0, 0.05) is 24.9 Å². The standard InChI is InChI=1S/C48H80N12O14/c1-9-26(7)38(58-40(65)29(50)14-11-12-16-49)46(71)57-37(25(5)6)45(70)55-32(21-36(63)64)42(67)56-33(18-24(3)4)47(72)60-17-13-15-34(60)44(69)54-31(20-35(61)62)41(66)53-30(19-28-22-51-23-52-28)43(68)59-39(48(73)74)27(8)10-2/h22-27,29-34,37-39H,9-21,49-50H2,1-8H3,(H,51,52)(H,53,66)(H,54,69)(H,55,70)(H,56,67)(H,57,71)(H,58,65)(H,59,68)(H,61,62)(H,63,64)(H,73,74)/t26-,27-,29-,30-,31-,32-,33-,34-,37-,38-,39-/m0/s1. The first-order valence-electron chi connectivity index (χ1n) is 25.3. The molecule has 0 radical (unpaired) electrons. The van der Waals surface area contributed by atoms with Gasteiger partial charge in [-0.3, -0.25) is 47.9 Å². The van der Waals surface area contributed by atoms with Crippen molar-refractivity contribution in [3.05, 3.63) is 18.2 Å². The van der Waals surface area contributed by atoms with Crippen molar-refractivity contribution in [2.24, 2.45) is 35.1 Å². The molecule has 8 amide bonds. The van der Waals surface area contributed by atoms with Gasteiger partial charge >= 0.3 is 17.9 Å². The van der Waals surface area contributed by atoms with Crippen LogP contribution in [-0.4, -0.2) is 163 Å². The largest absolute Gasteiger partial charge is 0.481 e. The summed E-state index contributed by atoms with van der Waals surface area (Å²) in [5.74, 6) is -13.2. The number of nitrogens with one attached hydrogen (secondary N) is 8. The molecule has 1 aromatic heterocycles. The number of aromatic amines is 1. The van der Waals surface area contributed by atoms with Crippen molar-refractivity contribution in [3.8, 4) is 0 Å². The number of unbranched alkanes of at least 4 members (excludes halogenated alkanes) is 1. The second-order valence-electron chi connectivity index (χ2n) is 19.7. The topological polar surface area (TPSA) is 417 Å². The molecular formula is C48H80N12O14. The smallest absolute Gasteiger partial charge is 0.326 e. The summed E-state index contributed by atoms with van der Waals surface area (Å²) in [6.07, 6.45) is 3.20. The molecule has 0 aliphatic carbocycles. The zero-order chi connectivity index (χ0) is 56.0. The minimum absolute atomic E-state index is 0.0199. The Balaban J connectivity index is 2.36. The Morgan fingerprint density at radius 1 is 0.676 bits per heavy atom. The van der Waals surface area contributed by atoms with Crippen molar-refractivity contribution >= 4 is 65.2 Å². The van der Waals surface area contributed by atoms with Crippen molar-refractivity contribution in [2.45, 2.75) is 180 Å². The fraction of sp³-hybridized carbons (Fsp3) is 0.708. The lowest BCUT2D eigenvalue weighted by atomic mass is 9.95. The summed E-state index contributed by atoms with van der Waals surface area (Å²) in [5.41, 5.74) is 12.0. The molecule has 74 heavy (non-hydrogen) atoms. The van der Waals surface area contributed by atoms with E-state index in [9.17, 15) is 68.1 Å². The lowest BCUT2D eigenvalue weighted by molar-refractivity contribution is -0.145. The van der Waals surface area contributed by atoms with Gasteiger partial charge in [-0.15, -0.1) is 0 Å². The predicted octanol–water partition coefficient (Wildman–Crippen LogP) is -1.38. The number of carboxylic acids is 3. The van der Waals surface area contributed by atoms with E-state index in [4.69, 9.17) is 11.5 Å². The maximum Gasteiger partial charge on any atom is 0.326 e. The van der Waals surface area contributed by atoms with Gasteiger partial charge in [0.15, 0.2) is 0 Å². The van der Waals surface area contributed by atoms with Crippen LogP contribution in [-0.2, 0) is 59.2 Å². The molecule has 2 heterocycles. The van der Waals surface area contributed by atoms with E-state index in [2.05, 4.69) is 47.2 Å². The molecule has 0 spiro atoms. The highest BCUT2D eigenvalue weighted by Gasteiger charge is 2.42. The number of hydrogen-bond donors (Lipinski definition) is 13. The van der Waals surface area contributed by atoms with Crippen LogP contribution in [0.25, 0.3) is 0 Å². The number of hydrogen-bond acceptors (Lipinski definition) is 14. The number of nitrogens with two attached hydrogens (primary N) is 2. The third-order valence-corrected chi connectivity index (χ3v) is 12.9. The van der Waals surface area contributed by atoms with Crippen LogP contribution in [0.1, 0.15) is 125 Å². The minimum atomic E-state index is -1.81. The molecule has 1 aromatic rings. The first-order valence-corrected chi connectivity index (χ1v) is 25.3.